The first-order chi connectivity index (χ1) is 22.7. The molecule has 0 spiro atoms. The van der Waals surface area contributed by atoms with Gasteiger partial charge in [-0.3, -0.25) is 9.20 Å². The van der Waals surface area contributed by atoms with E-state index in [1.807, 2.05) is 13.0 Å². The topological polar surface area (TPSA) is 95.8 Å². The second kappa shape index (κ2) is 15.6. The Hall–Kier alpha value is -4.23. The third-order valence-electron chi connectivity index (χ3n) is 8.73. The molecule has 1 atom stereocenters. The van der Waals surface area contributed by atoms with Gasteiger partial charge in [-0.15, -0.1) is 0 Å². The van der Waals surface area contributed by atoms with Crippen molar-refractivity contribution in [3.05, 3.63) is 71.7 Å². The zero-order chi connectivity index (χ0) is 33.5. The number of hydrogen-bond donors (Lipinski definition) is 3. The quantitative estimate of drug-likeness (QED) is 0.123. The average molecular weight is 656 g/mol. The van der Waals surface area contributed by atoms with Crippen LogP contribution < -0.4 is 20.7 Å². The molecule has 47 heavy (non-hydrogen) atoms. The second-order valence-electron chi connectivity index (χ2n) is 12.0. The van der Waals surface area contributed by atoms with Crippen LogP contribution in [-0.2, 0) is 6.42 Å². The number of nitrogens with one attached hydrogen (secondary N) is 3. The molecule has 0 saturated carbocycles. The maximum absolute atomic E-state index is 14.9. The molecule has 9 nitrogen and oxygen atoms in total. The molecule has 5 rings (SSSR count). The number of carbonyl (C=O) groups is 1. The van der Waals surface area contributed by atoms with E-state index in [1.165, 1.54) is 23.0 Å². The Labute approximate surface area is 271 Å². The number of nitrogens with zero attached hydrogens (tertiary/aromatic N) is 4. The maximum Gasteiger partial charge on any atom is 0.387 e. The summed E-state index contributed by atoms with van der Waals surface area (Å²) in [5.74, 6) is -2.22. The van der Waals surface area contributed by atoms with Crippen molar-refractivity contribution in [3.63, 3.8) is 0 Å². The third-order valence-corrected chi connectivity index (χ3v) is 8.73. The average Bonchev–Trinajstić information content (AvgIpc) is 3.47. The summed E-state index contributed by atoms with van der Waals surface area (Å²) in [5.41, 5.74) is 2.46. The highest BCUT2D eigenvalue weighted by Gasteiger charge is 2.22. The first kappa shape index (κ1) is 34.1. The number of ether oxygens (including phenoxy) is 1. The van der Waals surface area contributed by atoms with E-state index in [1.54, 1.807) is 12.1 Å². The Bertz CT molecular complexity index is 1680. The van der Waals surface area contributed by atoms with Crippen LogP contribution in [0.5, 0.6) is 5.75 Å². The van der Waals surface area contributed by atoms with E-state index in [9.17, 15) is 22.4 Å². The van der Waals surface area contributed by atoms with Crippen LogP contribution in [0.1, 0.15) is 49.0 Å². The zero-order valence-corrected chi connectivity index (χ0v) is 26.8. The van der Waals surface area contributed by atoms with Crippen LogP contribution in [0, 0.1) is 23.5 Å². The predicted molar refractivity (Wildman–Crippen MR) is 173 cm³/mol. The number of rotatable bonds is 16. The Kier molecular flexibility index (Phi) is 11.3. The van der Waals surface area contributed by atoms with Crippen molar-refractivity contribution in [1.29, 1.82) is 0 Å². The number of fused-ring (bicyclic) bond motifs is 1. The number of aryl methyl sites for hydroxylation is 1. The second-order valence-corrected chi connectivity index (χ2v) is 12.0. The molecule has 1 fully saturated rings. The van der Waals surface area contributed by atoms with Crippen LogP contribution in [0.25, 0.3) is 16.9 Å². The first-order valence-electron chi connectivity index (χ1n) is 16.0. The lowest BCUT2D eigenvalue weighted by atomic mass is 9.97. The van der Waals surface area contributed by atoms with Gasteiger partial charge in [-0.05, 0) is 80.6 Å². The molecule has 1 aliphatic rings. The minimum atomic E-state index is -3.29. The fourth-order valence-electron chi connectivity index (χ4n) is 5.90. The SMILES string of the molecule is CCc1cc(Nc2nccn3c(-c4ccc(OC(F)F)c(F)c4F)cnc23)ccc1C(=O)NCCC(CC)CCN(C)CC1CNC1. The van der Waals surface area contributed by atoms with Crippen molar-refractivity contribution >= 4 is 23.1 Å². The van der Waals surface area contributed by atoms with Crippen LogP contribution in [0.15, 0.2) is 48.9 Å². The summed E-state index contributed by atoms with van der Waals surface area (Å²) in [5, 5.41) is 9.63. The van der Waals surface area contributed by atoms with E-state index in [2.05, 4.69) is 49.5 Å². The number of carbonyl (C=O) groups excluding carboxylic acids is 1. The van der Waals surface area contributed by atoms with Crippen LogP contribution in [0.2, 0.25) is 0 Å². The van der Waals surface area contributed by atoms with Gasteiger partial charge in [-0.2, -0.15) is 13.2 Å². The zero-order valence-electron chi connectivity index (χ0n) is 26.8. The molecule has 1 amide bonds. The molecule has 0 bridgehead atoms. The lowest BCUT2D eigenvalue weighted by Crippen LogP contribution is -2.47. The Morgan fingerprint density at radius 3 is 2.64 bits per heavy atom. The van der Waals surface area contributed by atoms with Gasteiger partial charge in [0.25, 0.3) is 5.91 Å². The van der Waals surface area contributed by atoms with Gasteiger partial charge in [0.15, 0.2) is 23.0 Å². The number of amides is 1. The number of halogens is 4. The molecule has 2 aromatic carbocycles. The van der Waals surface area contributed by atoms with Gasteiger partial charge >= 0.3 is 6.61 Å². The molecular formula is C34H41F4N7O2. The summed E-state index contributed by atoms with van der Waals surface area (Å²) in [7, 11) is 2.18. The van der Waals surface area contributed by atoms with Crippen molar-refractivity contribution in [2.45, 2.75) is 46.1 Å². The molecule has 4 aromatic rings. The summed E-state index contributed by atoms with van der Waals surface area (Å²) in [6.45, 7) is 5.89. The molecule has 1 saturated heterocycles. The summed E-state index contributed by atoms with van der Waals surface area (Å²) >= 11 is 0. The van der Waals surface area contributed by atoms with E-state index in [4.69, 9.17) is 0 Å². The van der Waals surface area contributed by atoms with Crippen LogP contribution >= 0.6 is 0 Å². The van der Waals surface area contributed by atoms with Crippen LogP contribution in [0.4, 0.5) is 29.1 Å². The largest absolute Gasteiger partial charge is 0.432 e. The molecule has 3 N–H and O–H groups in total. The standard InChI is InChI=1S/C34H41F4N7O2/c1-4-21(11-14-44(3)20-22-17-39-18-22)10-12-41-33(46)25-7-6-24(16-23(25)5-2)43-31-32-42-19-27(45(32)15-13-40-31)26-8-9-28(47-34(37)38)30(36)29(26)35/h6-9,13,15-16,19,21-22,34,39H,4-5,10-12,14,17-18,20H2,1-3H3,(H,40,43)(H,41,46). The highest BCUT2D eigenvalue weighted by Crippen LogP contribution is 2.32. The maximum atomic E-state index is 14.9. The molecule has 2 aromatic heterocycles. The van der Waals surface area contributed by atoms with E-state index >= 15 is 0 Å². The van der Waals surface area contributed by atoms with Crippen molar-refractivity contribution < 1.29 is 27.1 Å². The van der Waals surface area contributed by atoms with Gasteiger partial charge < -0.3 is 25.6 Å². The van der Waals surface area contributed by atoms with Crippen molar-refractivity contribution in [2.75, 3.05) is 45.1 Å². The Balaban J connectivity index is 1.23. The highest BCUT2D eigenvalue weighted by atomic mass is 19.3. The summed E-state index contributed by atoms with van der Waals surface area (Å²) in [6, 6.07) is 7.53. The first-order valence-corrected chi connectivity index (χ1v) is 16.0. The fourth-order valence-corrected chi connectivity index (χ4v) is 5.90. The lowest BCUT2D eigenvalue weighted by molar-refractivity contribution is -0.0525. The lowest BCUT2D eigenvalue weighted by Gasteiger charge is -2.31. The number of alkyl halides is 2. The van der Waals surface area contributed by atoms with Gasteiger partial charge in [0.1, 0.15) is 0 Å². The highest BCUT2D eigenvalue weighted by molar-refractivity contribution is 5.96. The van der Waals surface area contributed by atoms with Crippen LogP contribution in [-0.4, -0.2) is 71.6 Å². The normalized spacial score (nSPS) is 14.1. The monoisotopic (exact) mass is 655 g/mol. The van der Waals surface area contributed by atoms with E-state index < -0.39 is 24.0 Å². The van der Waals surface area contributed by atoms with Gasteiger partial charge in [-0.1, -0.05) is 20.3 Å². The van der Waals surface area contributed by atoms with Gasteiger partial charge in [0, 0.05) is 55.4 Å². The van der Waals surface area contributed by atoms with Gasteiger partial charge in [0.2, 0.25) is 5.82 Å². The minimum absolute atomic E-state index is 0.116. The summed E-state index contributed by atoms with van der Waals surface area (Å²) < 4.78 is 60.0. The fraction of sp³-hybridized carbons (Fsp3) is 0.441. The molecule has 13 heteroatoms. The molecular weight excluding hydrogens is 614 g/mol. The van der Waals surface area contributed by atoms with E-state index in [0.29, 0.717) is 41.6 Å². The van der Waals surface area contributed by atoms with Gasteiger partial charge in [-0.25, -0.2) is 14.4 Å². The molecule has 0 aliphatic carbocycles. The van der Waals surface area contributed by atoms with Crippen molar-refractivity contribution in [1.82, 2.24) is 29.9 Å². The number of aromatic nitrogens is 3. The summed E-state index contributed by atoms with van der Waals surface area (Å²) in [6.07, 6.45) is 8.07. The molecule has 1 aliphatic heterocycles. The number of anilines is 2. The smallest absolute Gasteiger partial charge is 0.387 e. The van der Waals surface area contributed by atoms with Gasteiger partial charge in [0.05, 0.1) is 11.9 Å². The number of hydrogen-bond acceptors (Lipinski definition) is 7. The molecule has 0 radical (unpaired) electrons. The minimum Gasteiger partial charge on any atom is -0.432 e. The molecule has 3 heterocycles. The Morgan fingerprint density at radius 2 is 1.94 bits per heavy atom. The third kappa shape index (κ3) is 8.20. The van der Waals surface area contributed by atoms with Crippen molar-refractivity contribution in [3.8, 4) is 17.0 Å². The van der Waals surface area contributed by atoms with E-state index in [-0.39, 0.29) is 17.2 Å². The van der Waals surface area contributed by atoms with Crippen LogP contribution in [0.3, 0.4) is 0 Å². The van der Waals surface area contributed by atoms with E-state index in [0.717, 1.165) is 69.1 Å². The summed E-state index contributed by atoms with van der Waals surface area (Å²) in [4.78, 5) is 24.3. The predicted octanol–water partition coefficient (Wildman–Crippen LogP) is 6.27. The molecule has 252 valence electrons. The van der Waals surface area contributed by atoms with Crippen molar-refractivity contribution in [2.24, 2.45) is 11.8 Å². The molecule has 1 unspecified atom stereocenters. The number of imidazole rings is 1. The Morgan fingerprint density at radius 1 is 1.13 bits per heavy atom. The number of benzene rings is 2.